The maximum Gasteiger partial charge on any atom is 0.317 e. The molecule has 0 saturated heterocycles. The summed E-state index contributed by atoms with van der Waals surface area (Å²) >= 11 is 0. The number of carboxylic acid groups (broad SMARTS) is 1. The van der Waals surface area contributed by atoms with Crippen LogP contribution in [0.5, 0.6) is 0 Å². The van der Waals surface area contributed by atoms with Gasteiger partial charge in [0.2, 0.25) is 5.91 Å². The zero-order chi connectivity index (χ0) is 14.4. The maximum atomic E-state index is 12.1. The van der Waals surface area contributed by atoms with Gasteiger partial charge in [0.05, 0.1) is 13.1 Å². The molecule has 0 aromatic heterocycles. The highest BCUT2D eigenvalue weighted by atomic mass is 16.4. The van der Waals surface area contributed by atoms with Crippen LogP contribution in [0.25, 0.3) is 0 Å². The molecule has 0 heterocycles. The molecule has 0 aliphatic heterocycles. The van der Waals surface area contributed by atoms with Crippen molar-refractivity contribution in [2.45, 2.75) is 57.4 Å². The fraction of sp³-hybridized carbons (Fsp3) is 0.867. The van der Waals surface area contributed by atoms with Crippen molar-refractivity contribution >= 4 is 11.9 Å². The quantitative estimate of drug-likeness (QED) is 0.696. The SMILES string of the molecule is O=C(O)CN(CC(=O)NC1CCCCCC1)CC1CC1. The van der Waals surface area contributed by atoms with Crippen molar-refractivity contribution in [2.24, 2.45) is 5.92 Å². The van der Waals surface area contributed by atoms with Crippen molar-refractivity contribution in [3.63, 3.8) is 0 Å². The molecule has 2 fully saturated rings. The zero-order valence-corrected chi connectivity index (χ0v) is 12.1. The molecule has 2 aliphatic rings. The van der Waals surface area contributed by atoms with Crippen LogP contribution in [0.2, 0.25) is 0 Å². The summed E-state index contributed by atoms with van der Waals surface area (Å²) in [5.74, 6) is -0.272. The van der Waals surface area contributed by atoms with Crippen LogP contribution in [0.4, 0.5) is 0 Å². The molecule has 0 atom stereocenters. The Kier molecular flexibility index (Phi) is 5.83. The Hall–Kier alpha value is -1.10. The number of amides is 1. The standard InChI is InChI=1S/C15H26N2O3/c18-14(16-13-5-3-1-2-4-6-13)10-17(11-15(19)20)9-12-7-8-12/h12-13H,1-11H2,(H,16,18)(H,19,20). The Labute approximate surface area is 120 Å². The van der Waals surface area contributed by atoms with Crippen LogP contribution in [0, 0.1) is 5.92 Å². The highest BCUT2D eigenvalue weighted by Gasteiger charge is 2.26. The smallest absolute Gasteiger partial charge is 0.317 e. The summed E-state index contributed by atoms with van der Waals surface area (Å²) in [5.41, 5.74) is 0. The van der Waals surface area contributed by atoms with Crippen LogP contribution in [0.15, 0.2) is 0 Å². The van der Waals surface area contributed by atoms with Crippen LogP contribution in [0.3, 0.4) is 0 Å². The van der Waals surface area contributed by atoms with E-state index in [0.717, 1.165) is 19.4 Å². The lowest BCUT2D eigenvalue weighted by Gasteiger charge is -2.22. The predicted molar refractivity (Wildman–Crippen MR) is 76.4 cm³/mol. The van der Waals surface area contributed by atoms with Gasteiger partial charge in [-0.25, -0.2) is 0 Å². The second-order valence-corrected chi connectivity index (χ2v) is 6.26. The Bertz CT molecular complexity index is 334. The van der Waals surface area contributed by atoms with Gasteiger partial charge in [0.15, 0.2) is 0 Å². The van der Waals surface area contributed by atoms with Crippen LogP contribution in [-0.4, -0.2) is 47.6 Å². The number of hydrogen-bond acceptors (Lipinski definition) is 3. The number of carboxylic acids is 1. The van der Waals surface area contributed by atoms with Gasteiger partial charge in [-0.15, -0.1) is 0 Å². The number of hydrogen-bond donors (Lipinski definition) is 2. The lowest BCUT2D eigenvalue weighted by Crippen LogP contribution is -2.44. The molecule has 5 heteroatoms. The van der Waals surface area contributed by atoms with E-state index >= 15 is 0 Å². The van der Waals surface area contributed by atoms with Crippen molar-refractivity contribution < 1.29 is 14.7 Å². The van der Waals surface area contributed by atoms with Gasteiger partial charge >= 0.3 is 5.97 Å². The van der Waals surface area contributed by atoms with Gasteiger partial charge in [0.25, 0.3) is 0 Å². The zero-order valence-electron chi connectivity index (χ0n) is 12.1. The van der Waals surface area contributed by atoms with Gasteiger partial charge < -0.3 is 10.4 Å². The van der Waals surface area contributed by atoms with Crippen molar-refractivity contribution in [3.05, 3.63) is 0 Å². The molecular formula is C15H26N2O3. The summed E-state index contributed by atoms with van der Waals surface area (Å²) < 4.78 is 0. The molecule has 20 heavy (non-hydrogen) atoms. The van der Waals surface area contributed by atoms with Crippen molar-refractivity contribution in [2.75, 3.05) is 19.6 Å². The third-order valence-corrected chi connectivity index (χ3v) is 4.16. The molecule has 2 aliphatic carbocycles. The summed E-state index contributed by atoms with van der Waals surface area (Å²) in [4.78, 5) is 24.7. The minimum absolute atomic E-state index is 0.0150. The van der Waals surface area contributed by atoms with E-state index in [0.29, 0.717) is 5.92 Å². The number of aliphatic carboxylic acids is 1. The Balaban J connectivity index is 1.75. The van der Waals surface area contributed by atoms with Crippen LogP contribution < -0.4 is 5.32 Å². The summed E-state index contributed by atoms with van der Waals surface area (Å²) in [6.45, 7) is 0.929. The lowest BCUT2D eigenvalue weighted by molar-refractivity contribution is -0.138. The molecule has 2 saturated carbocycles. The monoisotopic (exact) mass is 282 g/mol. The second-order valence-electron chi connectivity index (χ2n) is 6.26. The molecule has 0 unspecified atom stereocenters. The van der Waals surface area contributed by atoms with E-state index in [1.807, 2.05) is 0 Å². The van der Waals surface area contributed by atoms with Crippen molar-refractivity contribution in [1.29, 1.82) is 0 Å². The van der Waals surface area contributed by atoms with Crippen LogP contribution >= 0.6 is 0 Å². The van der Waals surface area contributed by atoms with Crippen molar-refractivity contribution in [1.82, 2.24) is 10.2 Å². The topological polar surface area (TPSA) is 69.6 Å². The van der Waals surface area contributed by atoms with Crippen molar-refractivity contribution in [3.8, 4) is 0 Å². The fourth-order valence-corrected chi connectivity index (χ4v) is 2.94. The molecular weight excluding hydrogens is 256 g/mol. The Morgan fingerprint density at radius 1 is 1.00 bits per heavy atom. The molecule has 0 spiro atoms. The largest absolute Gasteiger partial charge is 0.480 e. The van der Waals surface area contributed by atoms with E-state index in [1.54, 1.807) is 4.90 Å². The molecule has 0 aromatic carbocycles. The highest BCUT2D eigenvalue weighted by molar-refractivity contribution is 5.79. The van der Waals surface area contributed by atoms with Gasteiger partial charge in [0, 0.05) is 12.6 Å². The van der Waals surface area contributed by atoms with Gasteiger partial charge in [-0.05, 0) is 31.6 Å². The van der Waals surface area contributed by atoms with Gasteiger partial charge in [0.1, 0.15) is 0 Å². The number of carbonyl (C=O) groups excluding carboxylic acids is 1. The second kappa shape index (κ2) is 7.62. The molecule has 0 radical (unpaired) electrons. The predicted octanol–water partition coefficient (Wildman–Crippen LogP) is 1.62. The van der Waals surface area contributed by atoms with E-state index in [4.69, 9.17) is 5.11 Å². The third-order valence-electron chi connectivity index (χ3n) is 4.16. The first kappa shape index (κ1) is 15.3. The number of carbonyl (C=O) groups is 2. The van der Waals surface area contributed by atoms with E-state index in [9.17, 15) is 9.59 Å². The Morgan fingerprint density at radius 3 is 2.20 bits per heavy atom. The molecule has 0 bridgehead atoms. The molecule has 114 valence electrons. The Morgan fingerprint density at radius 2 is 1.65 bits per heavy atom. The van der Waals surface area contributed by atoms with E-state index in [2.05, 4.69) is 5.32 Å². The number of rotatable bonds is 7. The summed E-state index contributed by atoms with van der Waals surface area (Å²) in [7, 11) is 0. The molecule has 2 N–H and O–H groups in total. The minimum atomic E-state index is -0.854. The van der Waals surface area contributed by atoms with Gasteiger partial charge in [-0.2, -0.15) is 0 Å². The van der Waals surface area contributed by atoms with Crippen LogP contribution in [-0.2, 0) is 9.59 Å². The average molecular weight is 282 g/mol. The molecule has 0 aromatic rings. The first-order valence-electron chi connectivity index (χ1n) is 7.87. The first-order chi connectivity index (χ1) is 9.63. The molecule has 5 nitrogen and oxygen atoms in total. The fourth-order valence-electron chi connectivity index (χ4n) is 2.94. The van der Waals surface area contributed by atoms with Gasteiger partial charge in [-0.3, -0.25) is 14.5 Å². The number of nitrogens with one attached hydrogen (secondary N) is 1. The maximum absolute atomic E-state index is 12.1. The van der Waals surface area contributed by atoms with E-state index in [1.165, 1.54) is 38.5 Å². The summed E-state index contributed by atoms with van der Waals surface area (Å²) in [6, 6.07) is 0.289. The lowest BCUT2D eigenvalue weighted by atomic mass is 10.1. The average Bonchev–Trinajstić information content (AvgIpc) is 3.16. The highest BCUT2D eigenvalue weighted by Crippen LogP contribution is 2.29. The first-order valence-corrected chi connectivity index (χ1v) is 7.87. The third kappa shape index (κ3) is 5.90. The molecule has 2 rings (SSSR count). The summed E-state index contributed by atoms with van der Waals surface area (Å²) in [6.07, 6.45) is 9.36. The minimum Gasteiger partial charge on any atom is -0.480 e. The van der Waals surface area contributed by atoms with E-state index in [-0.39, 0.29) is 25.0 Å². The van der Waals surface area contributed by atoms with Crippen LogP contribution in [0.1, 0.15) is 51.4 Å². The van der Waals surface area contributed by atoms with E-state index < -0.39 is 5.97 Å². The molecule has 1 amide bonds. The van der Waals surface area contributed by atoms with Gasteiger partial charge in [-0.1, -0.05) is 25.7 Å². The number of nitrogens with zero attached hydrogens (tertiary/aromatic N) is 1. The summed E-state index contributed by atoms with van der Waals surface area (Å²) in [5, 5.41) is 12.0. The normalized spacial score (nSPS) is 20.6.